The Hall–Kier alpha value is -5.28. The number of fused-ring (bicyclic) bond motifs is 1. The van der Waals surface area contributed by atoms with Crippen molar-refractivity contribution >= 4 is 17.6 Å². The van der Waals surface area contributed by atoms with Gasteiger partial charge in [0.2, 0.25) is 0 Å². The first-order valence-electron chi connectivity index (χ1n) is 17.3. The van der Waals surface area contributed by atoms with Gasteiger partial charge < -0.3 is 30.7 Å². The summed E-state index contributed by atoms with van der Waals surface area (Å²) in [5, 5.41) is 35.3. The van der Waals surface area contributed by atoms with Crippen LogP contribution in [0.25, 0.3) is 22.3 Å². The first-order valence-corrected chi connectivity index (χ1v) is 17.7. The lowest BCUT2D eigenvalue weighted by molar-refractivity contribution is -0.145. The Bertz CT molecular complexity index is 2200. The van der Waals surface area contributed by atoms with Crippen LogP contribution < -0.4 is 25.8 Å². The quantitative estimate of drug-likeness (QED) is 0.0876. The fourth-order valence-corrected chi connectivity index (χ4v) is 6.77. The number of nitrogens with two attached hydrogens (primary N) is 1. The van der Waals surface area contributed by atoms with Crippen LogP contribution in [0, 0.1) is 25.2 Å². The molecule has 1 aliphatic rings. The van der Waals surface area contributed by atoms with E-state index in [2.05, 4.69) is 78.0 Å². The molecule has 0 saturated carbocycles. The summed E-state index contributed by atoms with van der Waals surface area (Å²) < 4.78 is 12.5. The smallest absolute Gasteiger partial charge is 0.326 e. The van der Waals surface area contributed by atoms with Crippen molar-refractivity contribution in [3.05, 3.63) is 135 Å². The first kappa shape index (κ1) is 37.5. The molecule has 0 bridgehead atoms. The minimum atomic E-state index is -1.59. The molecular formula is C42H42ClN5O5. The highest BCUT2D eigenvalue weighted by atomic mass is 35.5. The largest absolute Gasteiger partial charge is 0.488 e. The first-order chi connectivity index (χ1) is 25.5. The predicted molar refractivity (Wildman–Crippen MR) is 204 cm³/mol. The van der Waals surface area contributed by atoms with Gasteiger partial charge in [-0.05, 0) is 89.0 Å². The molecule has 11 heteroatoms. The minimum absolute atomic E-state index is 0.00524. The maximum absolute atomic E-state index is 11.8. The number of nitrogens with one attached hydrogen (secondary N) is 2. The molecule has 0 spiro atoms. The summed E-state index contributed by atoms with van der Waals surface area (Å²) in [4.78, 5) is 15.9. The molecule has 6 N–H and O–H groups in total. The van der Waals surface area contributed by atoms with Crippen LogP contribution in [0.3, 0.4) is 0 Å². The number of benzene rings is 4. The number of aliphatic hydroxyl groups excluding tert-OH is 1. The standard InChI is InChI=1S/C42H42ClN5O5/c1-25-30(6-4-8-34(25)35-9-5-7-33(26(35)2)29-10-11-36-31(13-29)19-47-21-38(36)45)23-53-40-15-39(52-22-28-12-27(16-44)17-46-18-28)32(14-37(40)43)20-48-42(3,24-49)41(50)51/h4-15,17-18,38,47-49H,19-24,45H2,1-3H3,(H,50,51)/t38?,42-/m0/s1. The van der Waals surface area contributed by atoms with E-state index < -0.39 is 18.1 Å². The summed E-state index contributed by atoms with van der Waals surface area (Å²) in [6.45, 7) is 6.93. The highest BCUT2D eigenvalue weighted by Gasteiger charge is 2.32. The minimum Gasteiger partial charge on any atom is -0.488 e. The van der Waals surface area contributed by atoms with Gasteiger partial charge in [-0.25, -0.2) is 0 Å². The third-order valence-electron chi connectivity index (χ3n) is 9.88. The van der Waals surface area contributed by atoms with E-state index in [0.717, 1.165) is 46.5 Å². The summed E-state index contributed by atoms with van der Waals surface area (Å²) in [5.41, 5.74) is 16.6. The summed E-state index contributed by atoms with van der Waals surface area (Å²) in [6, 6.07) is 26.2. The number of pyridine rings is 1. The van der Waals surface area contributed by atoms with Crippen molar-refractivity contribution in [1.82, 2.24) is 15.6 Å². The molecule has 0 amide bonds. The van der Waals surface area contributed by atoms with Crippen LogP contribution in [-0.2, 0) is 31.1 Å². The van der Waals surface area contributed by atoms with Gasteiger partial charge in [-0.3, -0.25) is 15.1 Å². The number of nitrogens with zero attached hydrogens (tertiary/aromatic N) is 2. The average Bonchev–Trinajstić information content (AvgIpc) is 3.16. The van der Waals surface area contributed by atoms with E-state index in [4.69, 9.17) is 26.8 Å². The van der Waals surface area contributed by atoms with Gasteiger partial charge in [0.05, 0.1) is 17.2 Å². The van der Waals surface area contributed by atoms with Gasteiger partial charge >= 0.3 is 5.97 Å². The number of hydrogen-bond acceptors (Lipinski definition) is 9. The Morgan fingerprint density at radius 3 is 2.49 bits per heavy atom. The van der Waals surface area contributed by atoms with Gasteiger partial charge in [-0.15, -0.1) is 0 Å². The summed E-state index contributed by atoms with van der Waals surface area (Å²) in [6.07, 6.45) is 3.07. The number of aromatic nitrogens is 1. The third kappa shape index (κ3) is 8.20. The molecule has 6 rings (SSSR count). The van der Waals surface area contributed by atoms with Crippen molar-refractivity contribution in [3.8, 4) is 39.8 Å². The van der Waals surface area contributed by atoms with Gasteiger partial charge in [0, 0.05) is 55.3 Å². The summed E-state index contributed by atoms with van der Waals surface area (Å²) in [5.74, 6) is -0.432. The van der Waals surface area contributed by atoms with Crippen molar-refractivity contribution < 1.29 is 24.5 Å². The van der Waals surface area contributed by atoms with E-state index in [0.29, 0.717) is 33.2 Å². The van der Waals surface area contributed by atoms with Crippen LogP contribution in [0.15, 0.2) is 85.2 Å². The van der Waals surface area contributed by atoms with Crippen LogP contribution >= 0.6 is 11.6 Å². The second-order valence-corrected chi connectivity index (χ2v) is 13.9. The Kier molecular flexibility index (Phi) is 11.4. The van der Waals surface area contributed by atoms with E-state index in [1.165, 1.54) is 29.8 Å². The molecule has 1 unspecified atom stereocenters. The van der Waals surface area contributed by atoms with Crippen molar-refractivity contribution in [2.24, 2.45) is 5.73 Å². The zero-order valence-corrected chi connectivity index (χ0v) is 30.6. The van der Waals surface area contributed by atoms with Crippen LogP contribution in [0.2, 0.25) is 5.02 Å². The molecule has 1 aliphatic heterocycles. The number of aliphatic hydroxyl groups is 1. The fourth-order valence-electron chi connectivity index (χ4n) is 6.52. The molecule has 2 atom stereocenters. The molecule has 0 saturated heterocycles. The molecule has 5 aromatic rings. The van der Waals surface area contributed by atoms with Crippen LogP contribution in [0.4, 0.5) is 0 Å². The highest BCUT2D eigenvalue weighted by molar-refractivity contribution is 6.32. The molecule has 10 nitrogen and oxygen atoms in total. The van der Waals surface area contributed by atoms with Crippen LogP contribution in [0.5, 0.6) is 11.5 Å². The molecule has 2 heterocycles. The summed E-state index contributed by atoms with van der Waals surface area (Å²) in [7, 11) is 0. The number of carboxylic acid groups (broad SMARTS) is 1. The van der Waals surface area contributed by atoms with E-state index >= 15 is 0 Å². The summed E-state index contributed by atoms with van der Waals surface area (Å²) >= 11 is 6.76. The highest BCUT2D eigenvalue weighted by Crippen LogP contribution is 2.38. The lowest BCUT2D eigenvalue weighted by atomic mass is 9.87. The number of ether oxygens (including phenoxy) is 2. The van der Waals surface area contributed by atoms with Gasteiger partial charge in [-0.1, -0.05) is 60.1 Å². The third-order valence-corrected chi connectivity index (χ3v) is 10.2. The Morgan fingerprint density at radius 2 is 1.74 bits per heavy atom. The van der Waals surface area contributed by atoms with Gasteiger partial charge in [0.1, 0.15) is 36.3 Å². The predicted octanol–water partition coefficient (Wildman–Crippen LogP) is 6.74. The van der Waals surface area contributed by atoms with Crippen LogP contribution in [0.1, 0.15) is 57.5 Å². The number of carboxylic acids is 1. The van der Waals surface area contributed by atoms with E-state index in [-0.39, 0.29) is 25.8 Å². The monoisotopic (exact) mass is 731 g/mol. The number of carbonyl (C=O) groups is 1. The second kappa shape index (κ2) is 16.2. The fraction of sp³-hybridized carbons (Fsp3) is 0.262. The van der Waals surface area contributed by atoms with Crippen molar-refractivity contribution in [2.45, 2.75) is 58.7 Å². The van der Waals surface area contributed by atoms with Gasteiger partial charge in [0.25, 0.3) is 0 Å². The lowest BCUT2D eigenvalue weighted by Crippen LogP contribution is -2.52. The number of halogens is 1. The maximum atomic E-state index is 11.8. The molecule has 1 aromatic heterocycles. The number of hydrogen-bond donors (Lipinski definition) is 5. The molecular weight excluding hydrogens is 690 g/mol. The van der Waals surface area contributed by atoms with E-state index in [1.54, 1.807) is 24.4 Å². The normalized spacial score (nSPS) is 14.8. The van der Waals surface area contributed by atoms with Crippen molar-refractivity contribution in [3.63, 3.8) is 0 Å². The van der Waals surface area contributed by atoms with Crippen molar-refractivity contribution in [1.29, 1.82) is 5.26 Å². The number of aliphatic carboxylic acids is 1. The Labute approximate surface area is 314 Å². The molecule has 0 aliphatic carbocycles. The number of rotatable bonds is 13. The maximum Gasteiger partial charge on any atom is 0.326 e. The molecule has 53 heavy (non-hydrogen) atoms. The van der Waals surface area contributed by atoms with Crippen molar-refractivity contribution in [2.75, 3.05) is 13.2 Å². The zero-order chi connectivity index (χ0) is 37.7. The molecule has 272 valence electrons. The SMILES string of the molecule is Cc1c(COc2cc(OCc3cncc(C#N)c3)c(CN[C@@](C)(CO)C(=O)O)cc2Cl)cccc1-c1cccc(-c2ccc3c(c2)CNCC3N)c1C. The Balaban J connectivity index is 1.26. The zero-order valence-electron chi connectivity index (χ0n) is 29.9. The van der Waals surface area contributed by atoms with Crippen LogP contribution in [-0.4, -0.2) is 39.9 Å². The van der Waals surface area contributed by atoms with Gasteiger partial charge in [0.15, 0.2) is 0 Å². The molecule has 0 fully saturated rings. The van der Waals surface area contributed by atoms with E-state index in [1.807, 2.05) is 12.1 Å². The number of nitriles is 1. The lowest BCUT2D eigenvalue weighted by Gasteiger charge is -2.25. The van der Waals surface area contributed by atoms with E-state index in [9.17, 15) is 20.3 Å². The average molecular weight is 732 g/mol. The topological polar surface area (TPSA) is 163 Å². The Morgan fingerprint density at radius 1 is 1.00 bits per heavy atom. The second-order valence-electron chi connectivity index (χ2n) is 13.5. The molecule has 4 aromatic carbocycles. The molecule has 0 radical (unpaired) electrons. The van der Waals surface area contributed by atoms with Gasteiger partial charge in [-0.2, -0.15) is 5.26 Å².